The van der Waals surface area contributed by atoms with Crippen molar-refractivity contribution in [3.63, 3.8) is 0 Å². The number of hydrogen-bond donors (Lipinski definition) is 1. The zero-order valence-electron chi connectivity index (χ0n) is 15.3. The van der Waals surface area contributed by atoms with Crippen molar-refractivity contribution in [1.82, 2.24) is 0 Å². The lowest BCUT2D eigenvalue weighted by Gasteiger charge is -2.27. The summed E-state index contributed by atoms with van der Waals surface area (Å²) >= 11 is 0. The monoisotopic (exact) mass is 369 g/mol. The largest absolute Gasteiger partial charge is 0.503 e. The van der Waals surface area contributed by atoms with E-state index in [4.69, 9.17) is 4.74 Å². The number of ether oxygens (including phenoxy) is 1. The quantitative estimate of drug-likeness (QED) is 0.866. The summed E-state index contributed by atoms with van der Waals surface area (Å²) in [6.45, 7) is 3.39. The van der Waals surface area contributed by atoms with Gasteiger partial charge in [0.05, 0.1) is 18.7 Å². The Balaban J connectivity index is 2.17. The number of methoxy groups -OCH3 is 1. The van der Waals surface area contributed by atoms with E-state index in [1.54, 1.807) is 44.2 Å². The first kappa shape index (κ1) is 18.6. The maximum absolute atomic E-state index is 13.8. The van der Waals surface area contributed by atoms with Crippen LogP contribution in [0, 0.1) is 11.7 Å². The normalized spacial score (nSPS) is 17.0. The molecule has 1 aliphatic heterocycles. The van der Waals surface area contributed by atoms with Crippen LogP contribution >= 0.6 is 0 Å². The number of carbonyl (C=O) groups is 2. The Morgan fingerprint density at radius 3 is 2.41 bits per heavy atom. The summed E-state index contributed by atoms with van der Waals surface area (Å²) in [5.74, 6) is -1.98. The Morgan fingerprint density at radius 1 is 1.19 bits per heavy atom. The third-order valence-electron chi connectivity index (χ3n) is 4.52. The second-order valence-electron chi connectivity index (χ2n) is 6.61. The predicted molar refractivity (Wildman–Crippen MR) is 99.1 cm³/mol. The lowest BCUT2D eigenvalue weighted by Crippen LogP contribution is -2.31. The van der Waals surface area contributed by atoms with Gasteiger partial charge in [-0.3, -0.25) is 14.5 Å². The molecule has 0 aromatic heterocycles. The van der Waals surface area contributed by atoms with Crippen LogP contribution in [-0.4, -0.2) is 23.9 Å². The van der Waals surface area contributed by atoms with Gasteiger partial charge in [0.1, 0.15) is 11.6 Å². The number of hydrogen-bond acceptors (Lipinski definition) is 4. The van der Waals surface area contributed by atoms with Crippen molar-refractivity contribution < 1.29 is 23.8 Å². The van der Waals surface area contributed by atoms with Gasteiger partial charge in [-0.05, 0) is 35.9 Å². The summed E-state index contributed by atoms with van der Waals surface area (Å²) in [7, 11) is 1.53. The van der Waals surface area contributed by atoms with Crippen molar-refractivity contribution in [3.05, 3.63) is 71.2 Å². The van der Waals surface area contributed by atoms with Gasteiger partial charge in [-0.2, -0.15) is 0 Å². The molecule has 27 heavy (non-hydrogen) atoms. The highest BCUT2D eigenvalue weighted by Crippen LogP contribution is 2.42. The van der Waals surface area contributed by atoms with Crippen molar-refractivity contribution in [2.45, 2.75) is 19.9 Å². The van der Waals surface area contributed by atoms with Gasteiger partial charge in [0.15, 0.2) is 11.5 Å². The first-order valence-corrected chi connectivity index (χ1v) is 8.55. The number of carbonyl (C=O) groups excluding carboxylic acids is 2. The number of ketones is 1. The van der Waals surface area contributed by atoms with Crippen molar-refractivity contribution in [1.29, 1.82) is 0 Å². The van der Waals surface area contributed by atoms with Gasteiger partial charge in [0, 0.05) is 11.6 Å². The lowest BCUT2D eigenvalue weighted by molar-refractivity contribution is -0.119. The van der Waals surface area contributed by atoms with E-state index >= 15 is 0 Å². The molecule has 0 bridgehead atoms. The fourth-order valence-electron chi connectivity index (χ4n) is 3.16. The highest BCUT2D eigenvalue weighted by atomic mass is 19.1. The molecular formula is C21H20FNO4. The summed E-state index contributed by atoms with van der Waals surface area (Å²) in [5.41, 5.74) is 0.893. The molecule has 0 saturated heterocycles. The summed E-state index contributed by atoms with van der Waals surface area (Å²) in [6, 6.07) is 11.5. The van der Waals surface area contributed by atoms with E-state index in [0.29, 0.717) is 11.3 Å². The third-order valence-corrected chi connectivity index (χ3v) is 4.52. The molecule has 2 aromatic carbocycles. The minimum Gasteiger partial charge on any atom is -0.503 e. The van der Waals surface area contributed by atoms with Crippen LogP contribution in [0.4, 0.5) is 10.1 Å². The maximum atomic E-state index is 13.8. The molecule has 2 aromatic rings. The Hall–Kier alpha value is -3.15. The molecule has 1 unspecified atom stereocenters. The Kier molecular flexibility index (Phi) is 4.99. The highest BCUT2D eigenvalue weighted by molar-refractivity contribution is 6.16. The molecule has 1 N–H and O–H groups in total. The number of aliphatic hydroxyl groups excluding tert-OH is 1. The summed E-state index contributed by atoms with van der Waals surface area (Å²) < 4.78 is 18.9. The van der Waals surface area contributed by atoms with Crippen molar-refractivity contribution in [3.8, 4) is 5.75 Å². The van der Waals surface area contributed by atoms with E-state index in [2.05, 4.69) is 0 Å². The number of nitrogens with zero attached hydrogens (tertiary/aromatic N) is 1. The zero-order chi connectivity index (χ0) is 19.7. The van der Waals surface area contributed by atoms with Crippen LogP contribution in [-0.2, 0) is 9.59 Å². The number of amides is 1. The minimum absolute atomic E-state index is 0.0180. The Morgan fingerprint density at radius 2 is 1.85 bits per heavy atom. The predicted octanol–water partition coefficient (Wildman–Crippen LogP) is 3.96. The van der Waals surface area contributed by atoms with Crippen LogP contribution in [0.25, 0.3) is 0 Å². The number of aliphatic hydroxyl groups is 1. The molecule has 0 aliphatic carbocycles. The van der Waals surface area contributed by atoms with Crippen LogP contribution in [0.1, 0.15) is 25.5 Å². The minimum atomic E-state index is -0.847. The molecule has 0 fully saturated rings. The number of anilines is 1. The van der Waals surface area contributed by atoms with E-state index in [0.717, 1.165) is 0 Å². The average molecular weight is 369 g/mol. The van der Waals surface area contributed by atoms with Gasteiger partial charge in [-0.15, -0.1) is 0 Å². The molecule has 1 amide bonds. The number of Topliss-reactive ketones (excluding diaryl/α,β-unsaturated/α-hetero) is 1. The molecule has 5 nitrogen and oxygen atoms in total. The Labute approximate surface area is 156 Å². The fourth-order valence-corrected chi connectivity index (χ4v) is 3.16. The van der Waals surface area contributed by atoms with Gasteiger partial charge < -0.3 is 9.84 Å². The molecule has 6 heteroatoms. The second kappa shape index (κ2) is 7.23. The average Bonchev–Trinajstić information content (AvgIpc) is 2.92. The molecule has 1 aliphatic rings. The van der Waals surface area contributed by atoms with E-state index in [9.17, 15) is 19.1 Å². The van der Waals surface area contributed by atoms with Gasteiger partial charge in [0.2, 0.25) is 0 Å². The molecule has 1 heterocycles. The van der Waals surface area contributed by atoms with Gasteiger partial charge >= 0.3 is 0 Å². The molecule has 3 rings (SSSR count). The summed E-state index contributed by atoms with van der Waals surface area (Å²) in [5, 5.41) is 10.5. The van der Waals surface area contributed by atoms with E-state index in [1.165, 1.54) is 30.2 Å². The van der Waals surface area contributed by atoms with E-state index in [-0.39, 0.29) is 17.0 Å². The lowest BCUT2D eigenvalue weighted by atomic mass is 9.91. The first-order chi connectivity index (χ1) is 12.8. The highest BCUT2D eigenvalue weighted by Gasteiger charge is 2.44. The van der Waals surface area contributed by atoms with Gasteiger partial charge in [-0.25, -0.2) is 4.39 Å². The van der Waals surface area contributed by atoms with E-state index < -0.39 is 29.4 Å². The summed E-state index contributed by atoms with van der Waals surface area (Å²) in [6.07, 6.45) is 0. The fraction of sp³-hybridized carbons (Fsp3) is 0.238. The molecule has 1 atom stereocenters. The van der Waals surface area contributed by atoms with Crippen molar-refractivity contribution >= 4 is 17.4 Å². The third kappa shape index (κ3) is 3.30. The smallest absolute Gasteiger partial charge is 0.294 e. The van der Waals surface area contributed by atoms with Gasteiger partial charge in [0.25, 0.3) is 5.91 Å². The number of halogens is 1. The number of benzene rings is 2. The molecule has 0 spiro atoms. The van der Waals surface area contributed by atoms with Gasteiger partial charge in [-0.1, -0.05) is 32.0 Å². The number of rotatable bonds is 5. The molecule has 140 valence electrons. The summed E-state index contributed by atoms with van der Waals surface area (Å²) in [4.78, 5) is 26.8. The SMILES string of the molecule is COc1ccc(C2C(C(=O)C(C)C)=C(O)C(=O)N2c2cccc(F)c2)cc1. The topological polar surface area (TPSA) is 66.8 Å². The Bertz CT molecular complexity index is 918. The van der Waals surface area contributed by atoms with Crippen LogP contribution in [0.15, 0.2) is 59.9 Å². The molecule has 0 saturated carbocycles. The van der Waals surface area contributed by atoms with Crippen molar-refractivity contribution in [2.24, 2.45) is 5.92 Å². The standard InChI is InChI=1S/C21H20FNO4/c1-12(2)19(24)17-18(13-7-9-16(27-3)10-8-13)23(21(26)20(17)25)15-6-4-5-14(22)11-15/h4-12,18,25H,1-3H3. The van der Waals surface area contributed by atoms with Crippen LogP contribution < -0.4 is 9.64 Å². The maximum Gasteiger partial charge on any atom is 0.294 e. The first-order valence-electron chi connectivity index (χ1n) is 8.55. The zero-order valence-corrected chi connectivity index (χ0v) is 15.3. The second-order valence-corrected chi connectivity index (χ2v) is 6.61. The molecular weight excluding hydrogens is 349 g/mol. The van der Waals surface area contributed by atoms with Crippen LogP contribution in [0.5, 0.6) is 5.75 Å². The van der Waals surface area contributed by atoms with E-state index in [1.807, 2.05) is 0 Å². The van der Waals surface area contributed by atoms with Crippen LogP contribution in [0.3, 0.4) is 0 Å². The molecule has 0 radical (unpaired) electrons. The van der Waals surface area contributed by atoms with Crippen LogP contribution in [0.2, 0.25) is 0 Å². The van der Waals surface area contributed by atoms with Crippen molar-refractivity contribution in [2.75, 3.05) is 12.0 Å².